The molecule has 1 rings (SSSR count). The first kappa shape index (κ1) is 16.5. The zero-order chi connectivity index (χ0) is 15.3. The first-order valence-corrected chi connectivity index (χ1v) is 6.44. The van der Waals surface area contributed by atoms with Crippen LogP contribution < -0.4 is 4.74 Å². The van der Waals surface area contributed by atoms with Crippen LogP contribution in [0.5, 0.6) is 5.75 Å². The molecule has 0 aliphatic carbocycles. The minimum atomic E-state index is -0.942. The summed E-state index contributed by atoms with van der Waals surface area (Å²) < 4.78 is 10.4. The molecule has 1 aromatic rings. The van der Waals surface area contributed by atoms with E-state index in [4.69, 9.17) is 9.47 Å². The number of hydrogen-bond donors (Lipinski definition) is 1. The van der Waals surface area contributed by atoms with Crippen LogP contribution >= 0.6 is 15.9 Å². The summed E-state index contributed by atoms with van der Waals surface area (Å²) >= 11 is 3.11. The molecule has 0 aromatic heterocycles. The summed E-state index contributed by atoms with van der Waals surface area (Å²) in [5.41, 5.74) is -0.259. The molecule has 7 nitrogen and oxygen atoms in total. The van der Waals surface area contributed by atoms with E-state index in [9.17, 15) is 20.0 Å². The summed E-state index contributed by atoms with van der Waals surface area (Å²) in [7, 11) is 1.41. The Bertz CT molecular complexity index is 484. The smallest absolute Gasteiger partial charge is 0.312 e. The number of ketones is 1. The highest BCUT2D eigenvalue weighted by Gasteiger charge is 2.24. The molecule has 0 saturated carbocycles. The Hall–Kier alpha value is -1.51. The molecule has 0 amide bonds. The van der Waals surface area contributed by atoms with Crippen molar-refractivity contribution >= 4 is 27.4 Å². The normalized spacial score (nSPS) is 12.0. The SMILES string of the molecule is COCC(O)COc1c(C(C)=O)cc(Br)cc1[N+](=O)[O-]. The second-order valence-corrected chi connectivity index (χ2v) is 4.95. The van der Waals surface area contributed by atoms with Crippen LogP contribution in [0, 0.1) is 10.1 Å². The molecular weight excluding hydrogens is 334 g/mol. The third kappa shape index (κ3) is 4.26. The first-order valence-electron chi connectivity index (χ1n) is 5.65. The van der Waals surface area contributed by atoms with E-state index in [0.29, 0.717) is 4.47 Å². The molecule has 1 N–H and O–H groups in total. The summed E-state index contributed by atoms with van der Waals surface area (Å²) in [6.45, 7) is 1.10. The van der Waals surface area contributed by atoms with Gasteiger partial charge in [0, 0.05) is 17.6 Å². The molecule has 1 atom stereocenters. The molecule has 0 fully saturated rings. The Morgan fingerprint density at radius 3 is 2.65 bits per heavy atom. The quantitative estimate of drug-likeness (QED) is 0.459. The molecule has 0 heterocycles. The Morgan fingerprint density at radius 1 is 1.50 bits per heavy atom. The minimum Gasteiger partial charge on any atom is -0.483 e. The lowest BCUT2D eigenvalue weighted by atomic mass is 10.1. The zero-order valence-corrected chi connectivity index (χ0v) is 12.5. The van der Waals surface area contributed by atoms with Crippen LogP contribution in [0.25, 0.3) is 0 Å². The van der Waals surface area contributed by atoms with Crippen molar-refractivity contribution in [1.82, 2.24) is 0 Å². The van der Waals surface area contributed by atoms with E-state index in [2.05, 4.69) is 15.9 Å². The second-order valence-electron chi connectivity index (χ2n) is 4.04. The van der Waals surface area contributed by atoms with Crippen LogP contribution in [0.3, 0.4) is 0 Å². The number of nitro groups is 1. The van der Waals surface area contributed by atoms with Gasteiger partial charge in [0.15, 0.2) is 5.78 Å². The number of aliphatic hydroxyl groups excluding tert-OH is 1. The minimum absolute atomic E-state index is 0.0275. The second kappa shape index (κ2) is 7.32. The van der Waals surface area contributed by atoms with Crippen LogP contribution in [0.1, 0.15) is 17.3 Å². The monoisotopic (exact) mass is 347 g/mol. The van der Waals surface area contributed by atoms with Crippen molar-refractivity contribution in [1.29, 1.82) is 0 Å². The molecule has 0 spiro atoms. The average molecular weight is 348 g/mol. The lowest BCUT2D eigenvalue weighted by Crippen LogP contribution is -2.23. The van der Waals surface area contributed by atoms with Crippen molar-refractivity contribution < 1.29 is 24.3 Å². The van der Waals surface area contributed by atoms with Crippen LogP contribution in [0.4, 0.5) is 5.69 Å². The molecule has 1 unspecified atom stereocenters. The molecule has 0 aliphatic heterocycles. The summed E-state index contributed by atoms with van der Waals surface area (Å²) in [5, 5.41) is 20.5. The van der Waals surface area contributed by atoms with E-state index >= 15 is 0 Å². The van der Waals surface area contributed by atoms with Crippen molar-refractivity contribution in [3.05, 3.63) is 32.3 Å². The number of ether oxygens (including phenoxy) is 2. The van der Waals surface area contributed by atoms with Crippen molar-refractivity contribution in [2.24, 2.45) is 0 Å². The number of carbonyl (C=O) groups is 1. The van der Waals surface area contributed by atoms with Gasteiger partial charge in [-0.2, -0.15) is 0 Å². The molecule has 110 valence electrons. The fourth-order valence-electron chi connectivity index (χ4n) is 1.55. The third-order valence-electron chi connectivity index (χ3n) is 2.39. The number of rotatable bonds is 7. The molecular formula is C12H14BrNO6. The maximum Gasteiger partial charge on any atom is 0.312 e. The average Bonchev–Trinajstić information content (AvgIpc) is 2.36. The zero-order valence-electron chi connectivity index (χ0n) is 11.0. The van der Waals surface area contributed by atoms with Gasteiger partial charge in [-0.3, -0.25) is 14.9 Å². The number of benzene rings is 1. The molecule has 8 heteroatoms. The third-order valence-corrected chi connectivity index (χ3v) is 2.85. The van der Waals surface area contributed by atoms with Gasteiger partial charge < -0.3 is 14.6 Å². The predicted octanol–water partition coefficient (Wildman–Crippen LogP) is 1.95. The van der Waals surface area contributed by atoms with E-state index < -0.39 is 11.0 Å². The highest BCUT2D eigenvalue weighted by molar-refractivity contribution is 9.10. The van der Waals surface area contributed by atoms with Gasteiger partial charge in [0.2, 0.25) is 5.75 Å². The highest BCUT2D eigenvalue weighted by atomic mass is 79.9. The Kier molecular flexibility index (Phi) is 6.05. The van der Waals surface area contributed by atoms with Crippen molar-refractivity contribution in [2.45, 2.75) is 13.0 Å². The molecule has 0 saturated heterocycles. The van der Waals surface area contributed by atoms with E-state index in [1.807, 2.05) is 0 Å². The van der Waals surface area contributed by atoms with Gasteiger partial charge >= 0.3 is 5.69 Å². The maximum atomic E-state index is 11.6. The number of methoxy groups -OCH3 is 1. The Labute approximate surface area is 123 Å². The fourth-order valence-corrected chi connectivity index (χ4v) is 1.99. The van der Waals surface area contributed by atoms with Gasteiger partial charge in [-0.25, -0.2) is 0 Å². The number of nitro benzene ring substituents is 1. The van der Waals surface area contributed by atoms with E-state index in [1.54, 1.807) is 0 Å². The van der Waals surface area contributed by atoms with E-state index in [1.165, 1.54) is 26.2 Å². The largest absolute Gasteiger partial charge is 0.483 e. The van der Waals surface area contributed by atoms with Gasteiger partial charge in [-0.1, -0.05) is 15.9 Å². The summed E-state index contributed by atoms with van der Waals surface area (Å²) in [5.74, 6) is -0.522. The number of halogens is 1. The van der Waals surface area contributed by atoms with Gasteiger partial charge in [0.25, 0.3) is 0 Å². The number of carbonyl (C=O) groups excluding carboxylic acids is 1. The number of Topliss-reactive ketones (excluding diaryl/α,β-unsaturated/α-hetero) is 1. The van der Waals surface area contributed by atoms with Gasteiger partial charge in [0.1, 0.15) is 12.7 Å². The van der Waals surface area contributed by atoms with Crippen LogP contribution in [0.2, 0.25) is 0 Å². The molecule has 0 bridgehead atoms. The number of hydrogen-bond acceptors (Lipinski definition) is 6. The van der Waals surface area contributed by atoms with Gasteiger partial charge in [0.05, 0.1) is 17.1 Å². The predicted molar refractivity (Wildman–Crippen MR) is 74.2 cm³/mol. The Morgan fingerprint density at radius 2 is 2.15 bits per heavy atom. The van der Waals surface area contributed by atoms with Crippen molar-refractivity contribution in [2.75, 3.05) is 20.3 Å². The van der Waals surface area contributed by atoms with E-state index in [-0.39, 0.29) is 36.0 Å². The number of nitrogens with zero attached hydrogens (tertiary/aromatic N) is 1. The molecule has 0 radical (unpaired) electrons. The van der Waals surface area contributed by atoms with Gasteiger partial charge in [-0.05, 0) is 13.0 Å². The van der Waals surface area contributed by atoms with Crippen molar-refractivity contribution in [3.63, 3.8) is 0 Å². The Balaban J connectivity index is 3.13. The van der Waals surface area contributed by atoms with Gasteiger partial charge in [-0.15, -0.1) is 0 Å². The topological polar surface area (TPSA) is 98.9 Å². The van der Waals surface area contributed by atoms with E-state index in [0.717, 1.165) is 0 Å². The van der Waals surface area contributed by atoms with Crippen LogP contribution in [-0.2, 0) is 4.74 Å². The first-order chi connectivity index (χ1) is 9.36. The molecule has 0 aliphatic rings. The number of aliphatic hydroxyl groups is 1. The van der Waals surface area contributed by atoms with Crippen LogP contribution in [0.15, 0.2) is 16.6 Å². The summed E-state index contributed by atoms with van der Waals surface area (Å²) in [6, 6.07) is 2.68. The highest BCUT2D eigenvalue weighted by Crippen LogP contribution is 2.35. The lowest BCUT2D eigenvalue weighted by molar-refractivity contribution is -0.386. The summed E-state index contributed by atoms with van der Waals surface area (Å²) in [4.78, 5) is 21.9. The standard InChI is InChI=1S/C12H14BrNO6/c1-7(15)10-3-8(13)4-11(14(17)18)12(10)20-6-9(16)5-19-2/h3-4,9,16H,5-6H2,1-2H3. The lowest BCUT2D eigenvalue weighted by Gasteiger charge is -2.14. The molecule has 20 heavy (non-hydrogen) atoms. The van der Waals surface area contributed by atoms with Crippen molar-refractivity contribution in [3.8, 4) is 5.75 Å². The van der Waals surface area contributed by atoms with Crippen LogP contribution in [-0.4, -0.2) is 42.2 Å². The maximum absolute atomic E-state index is 11.6. The molecule has 1 aromatic carbocycles. The fraction of sp³-hybridized carbons (Fsp3) is 0.417. The summed E-state index contributed by atoms with van der Waals surface area (Å²) in [6.07, 6.45) is -0.942.